The molecule has 3 N–H and O–H groups in total. The number of ether oxygens (including phenoxy) is 1. The third-order valence-electron chi connectivity index (χ3n) is 2.39. The van der Waals surface area contributed by atoms with Gasteiger partial charge in [0.25, 0.3) is 0 Å². The smallest absolute Gasteiger partial charge is 0.239 e. The molecule has 0 aromatic heterocycles. The zero-order chi connectivity index (χ0) is 13.4. The molecule has 0 aliphatic heterocycles. The lowest BCUT2D eigenvalue weighted by atomic mass is 10.0. The van der Waals surface area contributed by atoms with Crippen LogP contribution >= 0.6 is 0 Å². The highest BCUT2D eigenvalue weighted by molar-refractivity contribution is 5.87. The van der Waals surface area contributed by atoms with Crippen LogP contribution in [0.3, 0.4) is 0 Å². The summed E-state index contributed by atoms with van der Waals surface area (Å²) in [6.45, 7) is 4.65. The van der Waals surface area contributed by atoms with Crippen molar-refractivity contribution in [2.24, 2.45) is 11.7 Å². The number of nitrogens with two attached hydrogens (primary N) is 1. The Morgan fingerprint density at radius 1 is 1.41 bits per heavy atom. The highest BCUT2D eigenvalue weighted by Crippen LogP contribution is 2.01. The first-order valence-electron chi connectivity index (χ1n) is 5.66. The van der Waals surface area contributed by atoms with Gasteiger partial charge in [-0.05, 0) is 5.92 Å². The molecule has 2 amide bonds. The number of nitrogens with zero attached hydrogens (tertiary/aromatic N) is 1. The number of carbonyl (C=O) groups is 2. The molecule has 0 saturated heterocycles. The van der Waals surface area contributed by atoms with Crippen molar-refractivity contribution in [2.45, 2.75) is 19.9 Å². The van der Waals surface area contributed by atoms with E-state index >= 15 is 0 Å². The van der Waals surface area contributed by atoms with E-state index in [2.05, 4.69) is 5.32 Å². The van der Waals surface area contributed by atoms with E-state index in [1.807, 2.05) is 13.8 Å². The molecular weight excluding hydrogens is 222 g/mol. The molecule has 0 radical (unpaired) electrons. The molecule has 0 aromatic carbocycles. The van der Waals surface area contributed by atoms with Gasteiger partial charge in [0.05, 0.1) is 19.2 Å². The fourth-order valence-corrected chi connectivity index (χ4v) is 1.18. The van der Waals surface area contributed by atoms with Crippen LogP contribution in [0.2, 0.25) is 0 Å². The Kier molecular flexibility index (Phi) is 7.49. The second-order valence-electron chi connectivity index (χ2n) is 4.31. The molecule has 0 saturated carbocycles. The first kappa shape index (κ1) is 15.9. The Bertz CT molecular complexity index is 256. The van der Waals surface area contributed by atoms with Crippen LogP contribution in [0.4, 0.5) is 0 Å². The van der Waals surface area contributed by atoms with Crippen LogP contribution in [-0.4, -0.2) is 56.6 Å². The fraction of sp³-hybridized carbons (Fsp3) is 0.818. The van der Waals surface area contributed by atoms with E-state index in [0.29, 0.717) is 13.2 Å². The van der Waals surface area contributed by atoms with Gasteiger partial charge >= 0.3 is 0 Å². The first-order chi connectivity index (χ1) is 7.90. The molecule has 0 aromatic rings. The highest BCUT2D eigenvalue weighted by Gasteiger charge is 2.22. The van der Waals surface area contributed by atoms with Gasteiger partial charge in [0.2, 0.25) is 11.8 Å². The Morgan fingerprint density at radius 3 is 2.47 bits per heavy atom. The zero-order valence-electron chi connectivity index (χ0n) is 11.0. The summed E-state index contributed by atoms with van der Waals surface area (Å²) in [7, 11) is 3.13. The standard InChI is InChI=1S/C11H23N3O3/c1-8(2)10(12)11(16)14(3)7-9(15)13-5-6-17-4/h8,10H,5-7,12H2,1-4H3,(H,13,15)/t10-/m0/s1. The maximum Gasteiger partial charge on any atom is 0.239 e. The molecule has 100 valence electrons. The minimum atomic E-state index is -0.563. The largest absolute Gasteiger partial charge is 0.383 e. The summed E-state index contributed by atoms with van der Waals surface area (Å²) < 4.78 is 4.80. The summed E-state index contributed by atoms with van der Waals surface area (Å²) in [5.74, 6) is -0.378. The molecule has 0 bridgehead atoms. The van der Waals surface area contributed by atoms with Crippen molar-refractivity contribution in [3.63, 3.8) is 0 Å². The minimum absolute atomic E-state index is 0.0168. The topological polar surface area (TPSA) is 84.7 Å². The van der Waals surface area contributed by atoms with Gasteiger partial charge in [-0.25, -0.2) is 0 Å². The molecule has 0 spiro atoms. The fourth-order valence-electron chi connectivity index (χ4n) is 1.18. The van der Waals surface area contributed by atoms with Crippen LogP contribution in [-0.2, 0) is 14.3 Å². The van der Waals surface area contributed by atoms with Crippen LogP contribution in [0.1, 0.15) is 13.8 Å². The molecule has 0 aliphatic rings. The lowest BCUT2D eigenvalue weighted by Crippen LogP contribution is -2.48. The third-order valence-corrected chi connectivity index (χ3v) is 2.39. The summed E-state index contributed by atoms with van der Waals surface area (Å²) in [6, 6.07) is -0.563. The van der Waals surface area contributed by atoms with Crippen molar-refractivity contribution in [1.29, 1.82) is 0 Å². The predicted molar refractivity (Wildman–Crippen MR) is 65.3 cm³/mol. The van der Waals surface area contributed by atoms with Crippen molar-refractivity contribution in [1.82, 2.24) is 10.2 Å². The van der Waals surface area contributed by atoms with Crippen molar-refractivity contribution < 1.29 is 14.3 Å². The summed E-state index contributed by atoms with van der Waals surface area (Å²) in [5, 5.41) is 2.64. The normalized spacial score (nSPS) is 12.4. The van der Waals surface area contributed by atoms with Crippen LogP contribution < -0.4 is 11.1 Å². The maximum absolute atomic E-state index is 11.7. The van der Waals surface area contributed by atoms with Gasteiger partial charge in [0.1, 0.15) is 0 Å². The van der Waals surface area contributed by atoms with Crippen LogP contribution in [0.5, 0.6) is 0 Å². The molecule has 17 heavy (non-hydrogen) atoms. The van der Waals surface area contributed by atoms with Crippen molar-refractivity contribution in [2.75, 3.05) is 33.9 Å². The highest BCUT2D eigenvalue weighted by atomic mass is 16.5. The molecule has 0 heterocycles. The van der Waals surface area contributed by atoms with Crippen molar-refractivity contribution >= 4 is 11.8 Å². The summed E-state index contributed by atoms with van der Waals surface area (Å²) in [4.78, 5) is 24.5. The van der Waals surface area contributed by atoms with E-state index < -0.39 is 6.04 Å². The summed E-state index contributed by atoms with van der Waals surface area (Å²) >= 11 is 0. The van der Waals surface area contributed by atoms with Gasteiger partial charge in [0.15, 0.2) is 0 Å². The molecule has 0 rings (SSSR count). The average Bonchev–Trinajstić information content (AvgIpc) is 2.27. The number of carbonyl (C=O) groups excluding carboxylic acids is 2. The second-order valence-corrected chi connectivity index (χ2v) is 4.31. The lowest BCUT2D eigenvalue weighted by Gasteiger charge is -2.22. The predicted octanol–water partition coefficient (Wildman–Crippen LogP) is -0.809. The van der Waals surface area contributed by atoms with Gasteiger partial charge < -0.3 is 20.7 Å². The maximum atomic E-state index is 11.7. The Balaban J connectivity index is 4.03. The van der Waals surface area contributed by atoms with Crippen LogP contribution in [0.15, 0.2) is 0 Å². The van der Waals surface area contributed by atoms with Gasteiger partial charge in [-0.2, -0.15) is 0 Å². The molecule has 6 nitrogen and oxygen atoms in total. The van der Waals surface area contributed by atoms with E-state index in [1.165, 1.54) is 4.90 Å². The molecule has 0 fully saturated rings. The third kappa shape index (κ3) is 6.23. The van der Waals surface area contributed by atoms with E-state index in [0.717, 1.165) is 0 Å². The van der Waals surface area contributed by atoms with Crippen LogP contribution in [0.25, 0.3) is 0 Å². The summed E-state index contributed by atoms with van der Waals surface area (Å²) in [5.41, 5.74) is 5.72. The monoisotopic (exact) mass is 245 g/mol. The van der Waals surface area contributed by atoms with Gasteiger partial charge in [-0.3, -0.25) is 9.59 Å². The molecule has 1 atom stereocenters. The lowest BCUT2D eigenvalue weighted by molar-refractivity contribution is -0.136. The molecule has 0 aliphatic carbocycles. The molecular formula is C11H23N3O3. The molecule has 0 unspecified atom stereocenters. The second kappa shape index (κ2) is 8.03. The van der Waals surface area contributed by atoms with Gasteiger partial charge in [-0.15, -0.1) is 0 Å². The number of hydrogen-bond donors (Lipinski definition) is 2. The van der Waals surface area contributed by atoms with Crippen molar-refractivity contribution in [3.8, 4) is 0 Å². The Morgan fingerprint density at radius 2 is 2.00 bits per heavy atom. The average molecular weight is 245 g/mol. The molecule has 6 heteroatoms. The number of hydrogen-bond acceptors (Lipinski definition) is 4. The minimum Gasteiger partial charge on any atom is -0.383 e. The van der Waals surface area contributed by atoms with E-state index in [1.54, 1.807) is 14.2 Å². The number of likely N-dealkylation sites (N-methyl/N-ethyl adjacent to an activating group) is 1. The summed E-state index contributed by atoms with van der Waals surface area (Å²) in [6.07, 6.45) is 0. The Labute approximate surface area is 102 Å². The number of methoxy groups -OCH3 is 1. The number of rotatable bonds is 7. The SMILES string of the molecule is COCCNC(=O)CN(C)C(=O)[C@@H](N)C(C)C. The quantitative estimate of drug-likeness (QED) is 0.575. The van der Waals surface area contributed by atoms with E-state index in [-0.39, 0.29) is 24.3 Å². The number of amides is 2. The zero-order valence-corrected chi connectivity index (χ0v) is 11.0. The van der Waals surface area contributed by atoms with E-state index in [9.17, 15) is 9.59 Å². The number of nitrogens with one attached hydrogen (secondary N) is 1. The van der Waals surface area contributed by atoms with Gasteiger partial charge in [-0.1, -0.05) is 13.8 Å². The van der Waals surface area contributed by atoms with Crippen LogP contribution in [0, 0.1) is 5.92 Å². The van der Waals surface area contributed by atoms with Crippen molar-refractivity contribution in [3.05, 3.63) is 0 Å². The first-order valence-corrected chi connectivity index (χ1v) is 5.66. The van der Waals surface area contributed by atoms with E-state index in [4.69, 9.17) is 10.5 Å². The van der Waals surface area contributed by atoms with Gasteiger partial charge in [0, 0.05) is 20.7 Å². The Hall–Kier alpha value is -1.14.